The summed E-state index contributed by atoms with van der Waals surface area (Å²) in [7, 11) is 0. The van der Waals surface area contributed by atoms with Gasteiger partial charge in [0.15, 0.2) is 5.82 Å². The van der Waals surface area contributed by atoms with Crippen molar-refractivity contribution in [2.45, 2.75) is 46.1 Å². The Hall–Kier alpha value is -1.43. The van der Waals surface area contributed by atoms with Crippen molar-refractivity contribution in [2.75, 3.05) is 19.6 Å². The zero-order chi connectivity index (χ0) is 14.5. The number of carbonyl (C=O) groups excluding carboxylic acids is 1. The molecule has 1 aromatic rings. The number of nitrogens with one attached hydrogen (secondary N) is 1. The molecular weight excluding hydrogens is 256 g/mol. The third-order valence-electron chi connectivity index (χ3n) is 3.96. The molecule has 0 spiro atoms. The monoisotopic (exact) mass is 280 g/mol. The molecule has 0 aromatic carbocycles. The third-order valence-corrected chi connectivity index (χ3v) is 3.96. The van der Waals surface area contributed by atoms with Crippen LogP contribution in [0, 0.1) is 5.92 Å². The van der Waals surface area contributed by atoms with Crippen LogP contribution in [0.1, 0.15) is 51.4 Å². The van der Waals surface area contributed by atoms with Gasteiger partial charge in [0.25, 0.3) is 0 Å². The second-order valence-corrected chi connectivity index (χ2v) is 5.28. The van der Waals surface area contributed by atoms with E-state index < -0.39 is 0 Å². The highest BCUT2D eigenvalue weighted by Crippen LogP contribution is 2.25. The quantitative estimate of drug-likeness (QED) is 0.886. The number of nitrogens with zero attached hydrogens (tertiary/aromatic N) is 3. The molecule has 1 aliphatic heterocycles. The number of carbonyl (C=O) groups is 1. The Kier molecular flexibility index (Phi) is 5.11. The summed E-state index contributed by atoms with van der Waals surface area (Å²) < 4.78 is 5.30. The van der Waals surface area contributed by atoms with Gasteiger partial charge in [-0.1, -0.05) is 12.1 Å². The highest BCUT2D eigenvalue weighted by atomic mass is 16.5. The van der Waals surface area contributed by atoms with Gasteiger partial charge in [-0.2, -0.15) is 4.98 Å². The van der Waals surface area contributed by atoms with Gasteiger partial charge in [-0.15, -0.1) is 0 Å². The maximum atomic E-state index is 11.8. The van der Waals surface area contributed by atoms with E-state index in [2.05, 4.69) is 27.3 Å². The summed E-state index contributed by atoms with van der Waals surface area (Å²) in [6.07, 6.45) is 2.57. The summed E-state index contributed by atoms with van der Waals surface area (Å²) in [6.45, 7) is 8.55. The summed E-state index contributed by atoms with van der Waals surface area (Å²) in [5, 5.41) is 6.84. The first-order chi connectivity index (χ1) is 9.65. The van der Waals surface area contributed by atoms with Crippen LogP contribution in [0.2, 0.25) is 0 Å². The minimum atomic E-state index is 0.123. The van der Waals surface area contributed by atoms with Gasteiger partial charge >= 0.3 is 0 Å². The average Bonchev–Trinajstić information content (AvgIpc) is 2.96. The van der Waals surface area contributed by atoms with Gasteiger partial charge in [0.2, 0.25) is 11.8 Å². The summed E-state index contributed by atoms with van der Waals surface area (Å²) in [5.74, 6) is 1.76. The fourth-order valence-electron chi connectivity index (χ4n) is 2.60. The predicted octanol–water partition coefficient (Wildman–Crippen LogP) is 1.54. The van der Waals surface area contributed by atoms with Crippen molar-refractivity contribution in [1.29, 1.82) is 0 Å². The van der Waals surface area contributed by atoms with E-state index in [9.17, 15) is 4.79 Å². The summed E-state index contributed by atoms with van der Waals surface area (Å²) in [6, 6.07) is 0.123. The zero-order valence-electron chi connectivity index (χ0n) is 12.6. The molecule has 0 saturated carbocycles. The lowest BCUT2D eigenvalue weighted by Crippen LogP contribution is -2.41. The van der Waals surface area contributed by atoms with Crippen LogP contribution >= 0.6 is 0 Å². The molecule has 2 rings (SSSR count). The maximum Gasteiger partial charge on any atom is 0.243 e. The third kappa shape index (κ3) is 3.36. The number of rotatable bonds is 5. The van der Waals surface area contributed by atoms with E-state index in [0.717, 1.165) is 38.2 Å². The molecule has 1 fully saturated rings. The van der Waals surface area contributed by atoms with Crippen LogP contribution in [-0.2, 0) is 11.2 Å². The van der Waals surface area contributed by atoms with Gasteiger partial charge in [-0.3, -0.25) is 9.69 Å². The SMILES string of the molecule is CCNC(=O)C1CCN([C@H](C)c2nc(CC)no2)CC1. The Labute approximate surface area is 119 Å². The van der Waals surface area contributed by atoms with Gasteiger partial charge in [0, 0.05) is 18.9 Å². The molecule has 20 heavy (non-hydrogen) atoms. The lowest BCUT2D eigenvalue weighted by molar-refractivity contribution is -0.126. The van der Waals surface area contributed by atoms with Crippen molar-refractivity contribution >= 4 is 5.91 Å². The Morgan fingerprint density at radius 1 is 1.45 bits per heavy atom. The molecule has 0 unspecified atom stereocenters. The Bertz CT molecular complexity index is 438. The molecule has 0 aliphatic carbocycles. The maximum absolute atomic E-state index is 11.8. The highest BCUT2D eigenvalue weighted by Gasteiger charge is 2.29. The molecule has 1 N–H and O–H groups in total. The van der Waals surface area contributed by atoms with Crippen LogP contribution in [-0.4, -0.2) is 40.6 Å². The molecule has 6 heteroatoms. The van der Waals surface area contributed by atoms with Crippen molar-refractivity contribution in [3.63, 3.8) is 0 Å². The van der Waals surface area contributed by atoms with E-state index in [4.69, 9.17) is 4.52 Å². The van der Waals surface area contributed by atoms with Crippen molar-refractivity contribution in [3.05, 3.63) is 11.7 Å². The molecule has 1 atom stereocenters. The lowest BCUT2D eigenvalue weighted by atomic mass is 9.95. The molecule has 0 radical (unpaired) electrons. The van der Waals surface area contributed by atoms with Crippen LogP contribution in [0.4, 0.5) is 0 Å². The number of likely N-dealkylation sites (tertiary alicyclic amines) is 1. The van der Waals surface area contributed by atoms with Crippen molar-refractivity contribution in [1.82, 2.24) is 20.4 Å². The zero-order valence-corrected chi connectivity index (χ0v) is 12.6. The first kappa shape index (κ1) is 15.0. The van der Waals surface area contributed by atoms with E-state index in [-0.39, 0.29) is 17.9 Å². The van der Waals surface area contributed by atoms with E-state index in [1.54, 1.807) is 0 Å². The summed E-state index contributed by atoms with van der Waals surface area (Å²) in [4.78, 5) is 18.5. The van der Waals surface area contributed by atoms with E-state index in [1.807, 2.05) is 13.8 Å². The highest BCUT2D eigenvalue weighted by molar-refractivity contribution is 5.78. The molecule has 1 saturated heterocycles. The van der Waals surface area contributed by atoms with Crippen LogP contribution in [0.5, 0.6) is 0 Å². The van der Waals surface area contributed by atoms with E-state index in [0.29, 0.717) is 12.4 Å². The van der Waals surface area contributed by atoms with Crippen molar-refractivity contribution in [2.24, 2.45) is 5.92 Å². The van der Waals surface area contributed by atoms with E-state index in [1.165, 1.54) is 0 Å². The fourth-order valence-corrected chi connectivity index (χ4v) is 2.60. The van der Waals surface area contributed by atoms with Gasteiger partial charge in [-0.05, 0) is 39.8 Å². The number of amides is 1. The van der Waals surface area contributed by atoms with Crippen LogP contribution < -0.4 is 5.32 Å². The first-order valence-electron chi connectivity index (χ1n) is 7.49. The summed E-state index contributed by atoms with van der Waals surface area (Å²) >= 11 is 0. The molecule has 112 valence electrons. The van der Waals surface area contributed by atoms with Crippen LogP contribution in [0.3, 0.4) is 0 Å². The molecule has 1 aromatic heterocycles. The first-order valence-corrected chi connectivity index (χ1v) is 7.49. The van der Waals surface area contributed by atoms with E-state index >= 15 is 0 Å². The summed E-state index contributed by atoms with van der Waals surface area (Å²) in [5.41, 5.74) is 0. The normalized spacial score (nSPS) is 18.9. The molecule has 6 nitrogen and oxygen atoms in total. The number of piperidine rings is 1. The van der Waals surface area contributed by atoms with Gasteiger partial charge in [0.1, 0.15) is 0 Å². The average molecular weight is 280 g/mol. The lowest BCUT2D eigenvalue weighted by Gasteiger charge is -2.33. The Balaban J connectivity index is 1.88. The molecule has 1 aliphatic rings. The number of aryl methyl sites for hydroxylation is 1. The molecule has 0 bridgehead atoms. The largest absolute Gasteiger partial charge is 0.356 e. The van der Waals surface area contributed by atoms with Crippen LogP contribution in [0.15, 0.2) is 4.52 Å². The van der Waals surface area contributed by atoms with Gasteiger partial charge in [0.05, 0.1) is 6.04 Å². The Morgan fingerprint density at radius 3 is 2.70 bits per heavy atom. The molecule has 2 heterocycles. The second kappa shape index (κ2) is 6.83. The minimum Gasteiger partial charge on any atom is -0.356 e. The fraction of sp³-hybridized carbons (Fsp3) is 0.786. The van der Waals surface area contributed by atoms with Crippen molar-refractivity contribution in [3.8, 4) is 0 Å². The number of hydrogen-bond acceptors (Lipinski definition) is 5. The number of hydrogen-bond donors (Lipinski definition) is 1. The van der Waals surface area contributed by atoms with Crippen molar-refractivity contribution < 1.29 is 9.32 Å². The molecule has 1 amide bonds. The smallest absolute Gasteiger partial charge is 0.243 e. The second-order valence-electron chi connectivity index (χ2n) is 5.28. The van der Waals surface area contributed by atoms with Gasteiger partial charge in [-0.25, -0.2) is 0 Å². The minimum absolute atomic E-state index is 0.123. The van der Waals surface area contributed by atoms with Gasteiger partial charge < -0.3 is 9.84 Å². The molecular formula is C14H24N4O2. The standard InChI is InChI=1S/C14H24N4O2/c1-4-12-16-14(20-17-12)10(3)18-8-6-11(7-9-18)13(19)15-5-2/h10-11H,4-9H2,1-3H3,(H,15,19)/t10-/m1/s1. The Morgan fingerprint density at radius 2 is 2.15 bits per heavy atom. The topological polar surface area (TPSA) is 71.3 Å². The van der Waals surface area contributed by atoms with Crippen LogP contribution in [0.25, 0.3) is 0 Å². The number of aromatic nitrogens is 2. The predicted molar refractivity (Wildman–Crippen MR) is 75.1 cm³/mol.